The zero-order valence-electron chi connectivity index (χ0n) is 16.5. The van der Waals surface area contributed by atoms with Gasteiger partial charge in [-0.05, 0) is 37.0 Å². The molecule has 1 aromatic carbocycles. The Balaban J connectivity index is 1.65. The molecule has 0 unspecified atom stereocenters. The van der Waals surface area contributed by atoms with Gasteiger partial charge in [0, 0.05) is 13.0 Å². The van der Waals surface area contributed by atoms with Crippen LogP contribution in [0.3, 0.4) is 0 Å². The molecule has 152 valence electrons. The number of unbranched alkanes of at least 4 members (excludes halogenated alkanes) is 7. The number of nitrogens with zero attached hydrogens (tertiary/aromatic N) is 1. The van der Waals surface area contributed by atoms with Crippen LogP contribution in [0.1, 0.15) is 68.9 Å². The quantitative estimate of drug-likeness (QED) is 0.264. The Morgan fingerprint density at radius 3 is 2.32 bits per heavy atom. The Hall–Kier alpha value is -1.66. The SMILES string of the molecule is Cc1ccccc1/C=C1\SC(=S)N(CCCCCCCCCCC(=O)O)C1=O. The molecule has 1 N–H and O–H groups in total. The van der Waals surface area contributed by atoms with Crippen LogP contribution in [0.25, 0.3) is 6.08 Å². The van der Waals surface area contributed by atoms with Crippen molar-refractivity contribution in [2.45, 2.75) is 64.7 Å². The topological polar surface area (TPSA) is 57.6 Å². The monoisotopic (exact) mass is 419 g/mol. The lowest BCUT2D eigenvalue weighted by Crippen LogP contribution is -2.29. The molecule has 1 heterocycles. The highest BCUT2D eigenvalue weighted by molar-refractivity contribution is 8.26. The van der Waals surface area contributed by atoms with E-state index in [0.29, 0.717) is 15.8 Å². The van der Waals surface area contributed by atoms with Gasteiger partial charge < -0.3 is 5.11 Å². The fraction of sp³-hybridized carbons (Fsp3) is 0.500. The minimum Gasteiger partial charge on any atom is -0.481 e. The minimum atomic E-state index is -0.704. The molecule has 1 aromatic rings. The summed E-state index contributed by atoms with van der Waals surface area (Å²) in [5, 5.41) is 8.60. The zero-order valence-corrected chi connectivity index (χ0v) is 18.1. The van der Waals surface area contributed by atoms with Crippen molar-refractivity contribution >= 4 is 46.3 Å². The summed E-state index contributed by atoms with van der Waals surface area (Å²) < 4.78 is 0.656. The van der Waals surface area contributed by atoms with E-state index in [9.17, 15) is 9.59 Å². The molecule has 0 spiro atoms. The number of carbonyl (C=O) groups excluding carboxylic acids is 1. The number of carboxylic acids is 1. The van der Waals surface area contributed by atoms with Gasteiger partial charge in [-0.25, -0.2) is 0 Å². The van der Waals surface area contributed by atoms with Crippen LogP contribution in [-0.4, -0.2) is 32.7 Å². The maximum absolute atomic E-state index is 12.7. The summed E-state index contributed by atoms with van der Waals surface area (Å²) in [6, 6.07) is 8.03. The van der Waals surface area contributed by atoms with Gasteiger partial charge in [0.15, 0.2) is 0 Å². The Bertz CT molecular complexity index is 730. The van der Waals surface area contributed by atoms with Crippen LogP contribution < -0.4 is 0 Å². The molecule has 0 atom stereocenters. The maximum atomic E-state index is 12.7. The number of hydrogen-bond acceptors (Lipinski definition) is 4. The summed E-state index contributed by atoms with van der Waals surface area (Å²) in [6.07, 6.45) is 10.6. The van der Waals surface area contributed by atoms with Crippen LogP contribution in [0.4, 0.5) is 0 Å². The Labute approximate surface area is 177 Å². The Morgan fingerprint density at radius 1 is 1.07 bits per heavy atom. The van der Waals surface area contributed by atoms with Gasteiger partial charge in [-0.3, -0.25) is 14.5 Å². The van der Waals surface area contributed by atoms with Gasteiger partial charge in [-0.2, -0.15) is 0 Å². The summed E-state index contributed by atoms with van der Waals surface area (Å²) in [7, 11) is 0. The molecule has 2 rings (SSSR count). The third kappa shape index (κ3) is 7.40. The third-order valence-corrected chi connectivity index (χ3v) is 6.25. The van der Waals surface area contributed by atoms with Crippen LogP contribution in [0.15, 0.2) is 29.2 Å². The van der Waals surface area contributed by atoms with Crippen molar-refractivity contribution in [2.24, 2.45) is 0 Å². The summed E-state index contributed by atoms with van der Waals surface area (Å²) in [5.74, 6) is -0.680. The van der Waals surface area contributed by atoms with Gasteiger partial charge in [-0.1, -0.05) is 86.8 Å². The van der Waals surface area contributed by atoms with E-state index >= 15 is 0 Å². The molecule has 0 aliphatic carbocycles. The summed E-state index contributed by atoms with van der Waals surface area (Å²) in [6.45, 7) is 2.73. The molecule has 28 heavy (non-hydrogen) atoms. The predicted molar refractivity (Wildman–Crippen MR) is 120 cm³/mol. The number of benzene rings is 1. The molecule has 1 fully saturated rings. The van der Waals surface area contributed by atoms with Crippen LogP contribution in [-0.2, 0) is 9.59 Å². The smallest absolute Gasteiger partial charge is 0.303 e. The minimum absolute atomic E-state index is 0.0247. The highest BCUT2D eigenvalue weighted by Crippen LogP contribution is 2.33. The van der Waals surface area contributed by atoms with E-state index in [2.05, 4.69) is 0 Å². The molecule has 0 aromatic heterocycles. The average Bonchev–Trinajstić information content (AvgIpc) is 2.92. The summed E-state index contributed by atoms with van der Waals surface area (Å²) >= 11 is 6.80. The second-order valence-corrected chi connectivity index (χ2v) is 8.84. The third-order valence-electron chi connectivity index (χ3n) is 4.87. The van der Waals surface area contributed by atoms with Crippen molar-refractivity contribution in [3.8, 4) is 0 Å². The van der Waals surface area contributed by atoms with Gasteiger partial charge in [-0.15, -0.1) is 0 Å². The lowest BCUT2D eigenvalue weighted by molar-refractivity contribution is -0.137. The van der Waals surface area contributed by atoms with E-state index < -0.39 is 5.97 Å². The van der Waals surface area contributed by atoms with E-state index in [-0.39, 0.29) is 12.3 Å². The number of carbonyl (C=O) groups is 2. The second kappa shape index (κ2) is 12.0. The molecular weight excluding hydrogens is 390 g/mol. The van der Waals surface area contributed by atoms with Crippen LogP contribution >= 0.6 is 24.0 Å². The van der Waals surface area contributed by atoms with E-state index in [1.165, 1.54) is 18.2 Å². The van der Waals surface area contributed by atoms with Crippen molar-refractivity contribution in [2.75, 3.05) is 6.54 Å². The van der Waals surface area contributed by atoms with Gasteiger partial charge in [0.1, 0.15) is 4.32 Å². The Kier molecular flexibility index (Phi) is 9.71. The largest absolute Gasteiger partial charge is 0.481 e. The number of rotatable bonds is 12. The molecule has 1 saturated heterocycles. The first kappa shape index (κ1) is 22.6. The fourth-order valence-electron chi connectivity index (χ4n) is 3.19. The molecule has 0 radical (unpaired) electrons. The first-order chi connectivity index (χ1) is 13.5. The van der Waals surface area contributed by atoms with Crippen molar-refractivity contribution in [1.82, 2.24) is 4.90 Å². The lowest BCUT2D eigenvalue weighted by Gasteiger charge is -2.14. The van der Waals surface area contributed by atoms with Crippen LogP contribution in [0.2, 0.25) is 0 Å². The van der Waals surface area contributed by atoms with Crippen molar-refractivity contribution in [3.05, 3.63) is 40.3 Å². The second-order valence-electron chi connectivity index (χ2n) is 7.16. The maximum Gasteiger partial charge on any atom is 0.303 e. The molecule has 1 amide bonds. The first-order valence-corrected chi connectivity index (χ1v) is 11.2. The molecule has 0 bridgehead atoms. The molecule has 6 heteroatoms. The summed E-state index contributed by atoms with van der Waals surface area (Å²) in [5.41, 5.74) is 2.21. The standard InChI is InChI=1S/C22H29NO3S2/c1-17-12-9-10-13-18(17)16-19-21(26)23(22(27)28-19)15-11-7-5-3-2-4-6-8-14-20(24)25/h9-10,12-13,16H,2-8,11,14-15H2,1H3,(H,24,25)/b19-16-. The van der Waals surface area contributed by atoms with Gasteiger partial charge in [0.05, 0.1) is 4.91 Å². The van der Waals surface area contributed by atoms with Gasteiger partial charge in [0.25, 0.3) is 5.91 Å². The zero-order chi connectivity index (χ0) is 20.4. The lowest BCUT2D eigenvalue weighted by atomic mass is 10.1. The highest BCUT2D eigenvalue weighted by Gasteiger charge is 2.31. The van der Waals surface area contributed by atoms with Crippen molar-refractivity contribution in [1.29, 1.82) is 0 Å². The molecule has 4 nitrogen and oxygen atoms in total. The predicted octanol–water partition coefficient (Wildman–Crippen LogP) is 5.79. The molecule has 0 saturated carbocycles. The van der Waals surface area contributed by atoms with E-state index in [0.717, 1.165) is 56.1 Å². The van der Waals surface area contributed by atoms with E-state index in [1.54, 1.807) is 4.90 Å². The Morgan fingerprint density at radius 2 is 1.68 bits per heavy atom. The van der Waals surface area contributed by atoms with Crippen molar-refractivity contribution in [3.63, 3.8) is 0 Å². The van der Waals surface area contributed by atoms with Gasteiger partial charge >= 0.3 is 5.97 Å². The number of amides is 1. The number of aliphatic carboxylic acids is 1. The summed E-state index contributed by atoms with van der Waals surface area (Å²) in [4.78, 5) is 25.5. The average molecular weight is 420 g/mol. The van der Waals surface area contributed by atoms with Crippen molar-refractivity contribution < 1.29 is 14.7 Å². The molecular formula is C22H29NO3S2. The fourth-order valence-corrected chi connectivity index (χ4v) is 4.49. The normalized spacial score (nSPS) is 15.6. The number of carboxylic acid groups (broad SMARTS) is 1. The van der Waals surface area contributed by atoms with Crippen LogP contribution in [0.5, 0.6) is 0 Å². The number of hydrogen-bond donors (Lipinski definition) is 1. The number of aryl methyl sites for hydroxylation is 1. The van der Waals surface area contributed by atoms with E-state index in [1.807, 2.05) is 37.3 Å². The van der Waals surface area contributed by atoms with E-state index in [4.69, 9.17) is 17.3 Å². The number of thiocarbonyl (C=S) groups is 1. The number of thioether (sulfide) groups is 1. The molecule has 1 aliphatic rings. The van der Waals surface area contributed by atoms with Gasteiger partial charge in [0.2, 0.25) is 0 Å². The van der Waals surface area contributed by atoms with Crippen LogP contribution in [0, 0.1) is 6.92 Å². The first-order valence-electron chi connectivity index (χ1n) is 10.0. The molecule has 1 aliphatic heterocycles. The highest BCUT2D eigenvalue weighted by atomic mass is 32.2.